The van der Waals surface area contributed by atoms with Crippen molar-refractivity contribution in [3.8, 4) is 22.9 Å². The van der Waals surface area contributed by atoms with Gasteiger partial charge in [-0.2, -0.15) is 0 Å². The maximum Gasteiger partial charge on any atom is 0.347 e. The number of ether oxygens (including phenoxy) is 4. The van der Waals surface area contributed by atoms with E-state index >= 15 is 0 Å². The number of aromatic nitrogens is 2. The van der Waals surface area contributed by atoms with Gasteiger partial charge < -0.3 is 18.9 Å². The van der Waals surface area contributed by atoms with Gasteiger partial charge in [-0.3, -0.25) is 0 Å². The number of benzene rings is 2. The number of esters is 3. The van der Waals surface area contributed by atoms with Crippen molar-refractivity contribution in [2.45, 2.75) is 104 Å². The van der Waals surface area contributed by atoms with Crippen LogP contribution in [-0.4, -0.2) is 46.7 Å². The summed E-state index contributed by atoms with van der Waals surface area (Å²) in [5.41, 5.74) is 1.30. The van der Waals surface area contributed by atoms with Gasteiger partial charge in [-0.1, -0.05) is 76.8 Å². The van der Waals surface area contributed by atoms with E-state index in [2.05, 4.69) is 16.9 Å². The number of rotatable bonds is 19. The van der Waals surface area contributed by atoms with Gasteiger partial charge in [0.25, 0.3) is 0 Å². The molecule has 0 aliphatic carbocycles. The summed E-state index contributed by atoms with van der Waals surface area (Å²) in [6.45, 7) is 7.77. The van der Waals surface area contributed by atoms with Gasteiger partial charge in [0, 0.05) is 5.56 Å². The fraction of sp³-hybridized carbons (Fsp3) is 0.472. The molecule has 0 radical (unpaired) electrons. The molecule has 0 bridgehead atoms. The van der Waals surface area contributed by atoms with Gasteiger partial charge in [-0.05, 0) is 63.6 Å². The minimum atomic E-state index is -1.05. The van der Waals surface area contributed by atoms with Gasteiger partial charge in [0.1, 0.15) is 5.75 Å². The first-order valence-electron chi connectivity index (χ1n) is 16.1. The largest absolute Gasteiger partial charge is 0.490 e. The maximum atomic E-state index is 12.7. The number of carbonyl (C=O) groups excluding carboxylic acids is 3. The Morgan fingerprint density at radius 1 is 0.644 bits per heavy atom. The molecule has 3 aromatic rings. The van der Waals surface area contributed by atoms with Crippen LogP contribution in [0.15, 0.2) is 60.9 Å². The van der Waals surface area contributed by atoms with E-state index in [1.165, 1.54) is 89.0 Å². The lowest BCUT2D eigenvalue weighted by molar-refractivity contribution is -0.156. The van der Waals surface area contributed by atoms with E-state index in [0.29, 0.717) is 23.7 Å². The number of carbonyl (C=O) groups is 3. The van der Waals surface area contributed by atoms with Gasteiger partial charge in [0.2, 0.25) is 0 Å². The van der Waals surface area contributed by atoms with Crippen LogP contribution in [0, 0.1) is 0 Å². The normalized spacial score (nSPS) is 11.6. The smallest absolute Gasteiger partial charge is 0.347 e. The molecule has 0 fully saturated rings. The Morgan fingerprint density at radius 2 is 1.18 bits per heavy atom. The van der Waals surface area contributed by atoms with E-state index in [9.17, 15) is 14.4 Å². The first kappa shape index (κ1) is 35.2. The Bertz CT molecular complexity index is 1320. The molecule has 2 aromatic carbocycles. The molecule has 3 rings (SSSR count). The molecule has 1 atom stereocenters. The molecule has 9 heteroatoms. The monoisotopic (exact) mass is 618 g/mol. The van der Waals surface area contributed by atoms with Crippen LogP contribution in [0.25, 0.3) is 11.4 Å². The highest BCUT2D eigenvalue weighted by Gasteiger charge is 2.21. The van der Waals surface area contributed by atoms with Crippen LogP contribution in [-0.2, 0) is 14.3 Å². The second-order valence-corrected chi connectivity index (χ2v) is 11.3. The van der Waals surface area contributed by atoms with Crippen molar-refractivity contribution in [1.82, 2.24) is 9.97 Å². The van der Waals surface area contributed by atoms with Crippen molar-refractivity contribution in [2.75, 3.05) is 6.61 Å². The third kappa shape index (κ3) is 12.7. The summed E-state index contributed by atoms with van der Waals surface area (Å²) in [6.07, 6.45) is 14.8. The Morgan fingerprint density at radius 3 is 1.76 bits per heavy atom. The molecule has 45 heavy (non-hydrogen) atoms. The summed E-state index contributed by atoms with van der Waals surface area (Å²) >= 11 is 0. The van der Waals surface area contributed by atoms with E-state index in [4.69, 9.17) is 18.9 Å². The molecule has 1 heterocycles. The molecule has 1 unspecified atom stereocenters. The predicted octanol–water partition coefficient (Wildman–Crippen LogP) is 8.16. The average Bonchev–Trinajstić information content (AvgIpc) is 3.04. The van der Waals surface area contributed by atoms with Crippen LogP contribution < -0.4 is 9.47 Å². The molecule has 0 saturated carbocycles. The first-order valence-corrected chi connectivity index (χ1v) is 16.1. The molecule has 0 aliphatic rings. The Hall–Kier alpha value is -4.27. The number of nitrogens with zero attached hydrogens (tertiary/aromatic N) is 2. The van der Waals surface area contributed by atoms with E-state index in [-0.39, 0.29) is 17.4 Å². The van der Waals surface area contributed by atoms with E-state index in [1.54, 1.807) is 50.5 Å². The SMILES string of the molecule is CCCCCCCCCCCCOc1cnc(-c2ccc(C(=O)Oc3ccc(C(=O)OC(C)C(=O)OC(C)C)cc3)cc2)nc1. The van der Waals surface area contributed by atoms with Crippen LogP contribution in [0.3, 0.4) is 0 Å². The number of hydrogen-bond acceptors (Lipinski definition) is 9. The molecule has 0 saturated heterocycles. The Kier molecular flexibility index (Phi) is 15.0. The van der Waals surface area contributed by atoms with Crippen LogP contribution in [0.2, 0.25) is 0 Å². The van der Waals surface area contributed by atoms with Crippen LogP contribution in [0.1, 0.15) is 113 Å². The molecular weight excluding hydrogens is 572 g/mol. The fourth-order valence-corrected chi connectivity index (χ4v) is 4.50. The second-order valence-electron chi connectivity index (χ2n) is 11.3. The quantitative estimate of drug-likeness (QED) is 0.0745. The van der Waals surface area contributed by atoms with E-state index in [0.717, 1.165) is 12.0 Å². The molecular formula is C36H46N2O7. The van der Waals surface area contributed by atoms with Crippen molar-refractivity contribution in [1.29, 1.82) is 0 Å². The predicted molar refractivity (Wildman–Crippen MR) is 172 cm³/mol. The van der Waals surface area contributed by atoms with Crippen molar-refractivity contribution < 1.29 is 33.3 Å². The third-order valence-electron chi connectivity index (χ3n) is 7.04. The molecule has 0 N–H and O–H groups in total. The Balaban J connectivity index is 1.39. The van der Waals surface area contributed by atoms with Gasteiger partial charge in [0.05, 0.1) is 36.2 Å². The Labute approximate surface area is 266 Å². The van der Waals surface area contributed by atoms with E-state index in [1.807, 2.05) is 0 Å². The van der Waals surface area contributed by atoms with Gasteiger partial charge >= 0.3 is 17.9 Å². The summed E-state index contributed by atoms with van der Waals surface area (Å²) < 4.78 is 21.4. The second kappa shape index (κ2) is 19.2. The highest BCUT2D eigenvalue weighted by Crippen LogP contribution is 2.20. The number of unbranched alkanes of at least 4 members (excludes halogenated alkanes) is 9. The first-order chi connectivity index (χ1) is 21.8. The molecule has 1 aromatic heterocycles. The lowest BCUT2D eigenvalue weighted by Gasteiger charge is -2.14. The summed E-state index contributed by atoms with van der Waals surface area (Å²) in [5, 5.41) is 0. The fourth-order valence-electron chi connectivity index (χ4n) is 4.50. The standard InChI is InChI=1S/C36H46N2O7/c1-5-6-7-8-9-10-11-12-13-14-23-42-32-24-37-33(38-25-32)28-15-17-29(18-16-28)36(41)45-31-21-19-30(20-22-31)35(40)44-27(4)34(39)43-26(2)3/h15-22,24-27H,5-14,23H2,1-4H3. The third-order valence-corrected chi connectivity index (χ3v) is 7.04. The van der Waals surface area contributed by atoms with Gasteiger partial charge in [-0.25, -0.2) is 24.4 Å². The molecule has 0 aliphatic heterocycles. The minimum Gasteiger partial charge on any atom is -0.490 e. The topological polar surface area (TPSA) is 114 Å². The lowest BCUT2D eigenvalue weighted by Crippen LogP contribution is -2.28. The minimum absolute atomic E-state index is 0.207. The van der Waals surface area contributed by atoms with Crippen LogP contribution in [0.5, 0.6) is 11.5 Å². The van der Waals surface area contributed by atoms with Crippen molar-refractivity contribution in [2.24, 2.45) is 0 Å². The zero-order valence-electron chi connectivity index (χ0n) is 27.0. The van der Waals surface area contributed by atoms with E-state index < -0.39 is 24.0 Å². The van der Waals surface area contributed by atoms with Crippen molar-refractivity contribution >= 4 is 17.9 Å². The van der Waals surface area contributed by atoms with Gasteiger partial charge in [-0.15, -0.1) is 0 Å². The number of hydrogen-bond donors (Lipinski definition) is 0. The molecule has 9 nitrogen and oxygen atoms in total. The van der Waals surface area contributed by atoms with Crippen molar-refractivity contribution in [3.63, 3.8) is 0 Å². The zero-order chi connectivity index (χ0) is 32.4. The van der Waals surface area contributed by atoms with Gasteiger partial charge in [0.15, 0.2) is 17.7 Å². The average molecular weight is 619 g/mol. The summed E-state index contributed by atoms with van der Waals surface area (Å²) in [6, 6.07) is 12.6. The highest BCUT2D eigenvalue weighted by atomic mass is 16.6. The summed E-state index contributed by atoms with van der Waals surface area (Å²) in [7, 11) is 0. The lowest BCUT2D eigenvalue weighted by atomic mass is 10.1. The van der Waals surface area contributed by atoms with Crippen molar-refractivity contribution in [3.05, 3.63) is 72.1 Å². The van der Waals surface area contributed by atoms with Crippen LogP contribution in [0.4, 0.5) is 0 Å². The molecule has 242 valence electrons. The molecule has 0 amide bonds. The summed E-state index contributed by atoms with van der Waals surface area (Å²) in [4.78, 5) is 45.7. The molecule has 0 spiro atoms. The zero-order valence-corrected chi connectivity index (χ0v) is 27.0. The highest BCUT2D eigenvalue weighted by molar-refractivity contribution is 5.93. The maximum absolute atomic E-state index is 12.7. The summed E-state index contributed by atoms with van der Waals surface area (Å²) in [5.74, 6) is -0.453. The van der Waals surface area contributed by atoms with Crippen LogP contribution >= 0.6 is 0 Å².